The maximum Gasteiger partial charge on any atom is 0.231 e. The summed E-state index contributed by atoms with van der Waals surface area (Å²) >= 11 is 15.6. The van der Waals surface area contributed by atoms with Gasteiger partial charge >= 0.3 is 0 Å². The van der Waals surface area contributed by atoms with E-state index in [2.05, 4.69) is 15.9 Å². The average molecular weight is 476 g/mol. The molecule has 0 amide bonds. The van der Waals surface area contributed by atoms with Gasteiger partial charge in [0, 0.05) is 26.1 Å². The quantitative estimate of drug-likeness (QED) is 0.383. The first-order valence-corrected chi connectivity index (χ1v) is 9.96. The molecule has 0 bridgehead atoms. The highest BCUT2D eigenvalue weighted by molar-refractivity contribution is 9.10. The highest BCUT2D eigenvalue weighted by Gasteiger charge is 2.28. The number of benzene rings is 3. The lowest BCUT2D eigenvalue weighted by atomic mass is 10.1. The fraction of sp³-hybridized carbons (Fsp3) is 0.0455. The molecule has 0 aliphatic carbocycles. The van der Waals surface area contributed by atoms with Crippen molar-refractivity contribution in [3.63, 3.8) is 0 Å². The summed E-state index contributed by atoms with van der Waals surface area (Å²) in [5, 5.41) is 1.11. The molecule has 0 saturated carbocycles. The molecule has 28 heavy (non-hydrogen) atoms. The van der Waals surface area contributed by atoms with Crippen molar-refractivity contribution in [3.05, 3.63) is 97.6 Å². The fourth-order valence-corrected chi connectivity index (χ4v) is 3.65. The van der Waals surface area contributed by atoms with E-state index in [1.54, 1.807) is 36.4 Å². The summed E-state index contributed by atoms with van der Waals surface area (Å²) in [4.78, 5) is 12.6. The van der Waals surface area contributed by atoms with Crippen LogP contribution in [0.1, 0.15) is 21.5 Å². The van der Waals surface area contributed by atoms with Gasteiger partial charge in [0.05, 0.1) is 5.56 Å². The third-order valence-corrected chi connectivity index (χ3v) is 5.55. The number of ether oxygens (including phenoxy) is 2. The van der Waals surface area contributed by atoms with E-state index in [-0.39, 0.29) is 18.1 Å². The first-order chi connectivity index (χ1) is 13.5. The van der Waals surface area contributed by atoms with Crippen molar-refractivity contribution in [1.29, 1.82) is 0 Å². The fourth-order valence-electron chi connectivity index (χ4n) is 2.79. The standard InChI is InChI=1S/C22H13BrCl2O3/c23-18-4-2-1-3-13(18)9-21-22(26)17-8-7-16(11-20(17)28-21)27-12-14-5-6-15(24)10-19(14)25/h1-11H,12H2. The number of hydrogen-bond donors (Lipinski definition) is 0. The third kappa shape index (κ3) is 3.95. The van der Waals surface area contributed by atoms with Gasteiger partial charge in [-0.05, 0) is 42.0 Å². The summed E-state index contributed by atoms with van der Waals surface area (Å²) in [6, 6.07) is 18.0. The number of rotatable bonds is 4. The van der Waals surface area contributed by atoms with Crippen LogP contribution >= 0.6 is 39.1 Å². The summed E-state index contributed by atoms with van der Waals surface area (Å²) in [6.45, 7) is 0.280. The molecule has 6 heteroatoms. The molecule has 3 aromatic carbocycles. The molecule has 0 atom stereocenters. The lowest BCUT2D eigenvalue weighted by Gasteiger charge is -2.09. The summed E-state index contributed by atoms with van der Waals surface area (Å²) < 4.78 is 12.5. The number of halogens is 3. The molecule has 3 nitrogen and oxygen atoms in total. The largest absolute Gasteiger partial charge is 0.489 e. The second kappa shape index (κ2) is 8.00. The highest BCUT2D eigenvalue weighted by atomic mass is 79.9. The van der Waals surface area contributed by atoms with Gasteiger partial charge in [-0.3, -0.25) is 4.79 Å². The Morgan fingerprint density at radius 1 is 1.04 bits per heavy atom. The molecular weight excluding hydrogens is 463 g/mol. The number of ketones is 1. The van der Waals surface area contributed by atoms with Gasteiger partial charge in [-0.15, -0.1) is 0 Å². The number of carbonyl (C=O) groups excluding carboxylic acids is 1. The topological polar surface area (TPSA) is 35.5 Å². The summed E-state index contributed by atoms with van der Waals surface area (Å²) in [6.07, 6.45) is 1.72. The van der Waals surface area contributed by atoms with Crippen LogP contribution in [0.15, 0.2) is 70.9 Å². The van der Waals surface area contributed by atoms with Gasteiger partial charge < -0.3 is 9.47 Å². The van der Waals surface area contributed by atoms with Gasteiger partial charge in [0.1, 0.15) is 18.1 Å². The molecule has 0 unspecified atom stereocenters. The van der Waals surface area contributed by atoms with Crippen LogP contribution in [0.2, 0.25) is 10.0 Å². The maximum atomic E-state index is 12.6. The van der Waals surface area contributed by atoms with Crippen molar-refractivity contribution < 1.29 is 14.3 Å². The van der Waals surface area contributed by atoms with Crippen molar-refractivity contribution in [3.8, 4) is 11.5 Å². The number of fused-ring (bicyclic) bond motifs is 1. The monoisotopic (exact) mass is 474 g/mol. The number of allylic oxidation sites excluding steroid dienone is 1. The van der Waals surface area contributed by atoms with E-state index >= 15 is 0 Å². The molecule has 0 spiro atoms. The molecule has 1 heterocycles. The van der Waals surface area contributed by atoms with Crippen molar-refractivity contribution in [2.24, 2.45) is 0 Å². The number of Topliss-reactive ketones (excluding diaryl/α,β-unsaturated/α-hetero) is 1. The molecular formula is C22H13BrCl2O3. The van der Waals surface area contributed by atoms with Gasteiger partial charge in [-0.25, -0.2) is 0 Å². The first kappa shape index (κ1) is 19.1. The van der Waals surface area contributed by atoms with Crippen LogP contribution in [0.5, 0.6) is 11.5 Å². The van der Waals surface area contributed by atoms with Crippen LogP contribution in [0.4, 0.5) is 0 Å². The number of carbonyl (C=O) groups is 1. The van der Waals surface area contributed by atoms with Crippen LogP contribution in [-0.2, 0) is 6.61 Å². The smallest absolute Gasteiger partial charge is 0.231 e. The second-order valence-electron chi connectivity index (χ2n) is 6.14. The lowest BCUT2D eigenvalue weighted by molar-refractivity contribution is 0.101. The van der Waals surface area contributed by atoms with Gasteiger partial charge in [0.2, 0.25) is 5.78 Å². The third-order valence-electron chi connectivity index (χ3n) is 4.24. The van der Waals surface area contributed by atoms with Crippen molar-refractivity contribution >= 4 is 51.0 Å². The minimum absolute atomic E-state index is 0.155. The van der Waals surface area contributed by atoms with Crippen LogP contribution in [0.25, 0.3) is 6.08 Å². The lowest BCUT2D eigenvalue weighted by Crippen LogP contribution is -1.98. The van der Waals surface area contributed by atoms with E-state index in [4.69, 9.17) is 32.7 Å². The Hall–Kier alpha value is -2.27. The van der Waals surface area contributed by atoms with Crippen molar-refractivity contribution in [2.75, 3.05) is 0 Å². The van der Waals surface area contributed by atoms with Gasteiger partial charge in [0.25, 0.3) is 0 Å². The second-order valence-corrected chi connectivity index (χ2v) is 7.84. The molecule has 0 aromatic heterocycles. The zero-order valence-corrected chi connectivity index (χ0v) is 17.5. The van der Waals surface area contributed by atoms with E-state index in [0.29, 0.717) is 27.1 Å². The van der Waals surface area contributed by atoms with Gasteiger partial charge in [-0.1, -0.05) is 63.4 Å². The zero-order chi connectivity index (χ0) is 19.7. The van der Waals surface area contributed by atoms with E-state index in [9.17, 15) is 4.79 Å². The first-order valence-electron chi connectivity index (χ1n) is 8.41. The van der Waals surface area contributed by atoms with E-state index in [1.165, 1.54) is 0 Å². The summed E-state index contributed by atoms with van der Waals surface area (Å²) in [7, 11) is 0. The van der Waals surface area contributed by atoms with E-state index in [1.807, 2.05) is 30.3 Å². The molecule has 0 N–H and O–H groups in total. The molecule has 0 fully saturated rings. The van der Waals surface area contributed by atoms with Crippen LogP contribution in [0, 0.1) is 0 Å². The van der Waals surface area contributed by atoms with Crippen LogP contribution in [0.3, 0.4) is 0 Å². The van der Waals surface area contributed by atoms with E-state index in [0.717, 1.165) is 15.6 Å². The highest BCUT2D eigenvalue weighted by Crippen LogP contribution is 2.36. The molecule has 0 radical (unpaired) electrons. The van der Waals surface area contributed by atoms with Crippen LogP contribution < -0.4 is 9.47 Å². The maximum absolute atomic E-state index is 12.6. The minimum atomic E-state index is -0.155. The summed E-state index contributed by atoms with van der Waals surface area (Å²) in [5.41, 5.74) is 2.20. The Labute approximate surface area is 180 Å². The Bertz CT molecular complexity index is 1110. The molecule has 3 aromatic rings. The zero-order valence-electron chi connectivity index (χ0n) is 14.4. The minimum Gasteiger partial charge on any atom is -0.489 e. The van der Waals surface area contributed by atoms with Crippen molar-refractivity contribution in [1.82, 2.24) is 0 Å². The molecule has 0 saturated heterocycles. The predicted molar refractivity (Wildman–Crippen MR) is 114 cm³/mol. The number of hydrogen-bond acceptors (Lipinski definition) is 3. The van der Waals surface area contributed by atoms with Crippen LogP contribution in [-0.4, -0.2) is 5.78 Å². The Balaban J connectivity index is 1.53. The molecule has 1 aliphatic heterocycles. The Morgan fingerprint density at radius 3 is 2.64 bits per heavy atom. The predicted octanol–water partition coefficient (Wildman–Crippen LogP) is 6.95. The molecule has 4 rings (SSSR count). The van der Waals surface area contributed by atoms with Gasteiger partial charge in [0.15, 0.2) is 5.76 Å². The molecule has 1 aliphatic rings. The van der Waals surface area contributed by atoms with Crippen molar-refractivity contribution in [2.45, 2.75) is 6.61 Å². The Morgan fingerprint density at radius 2 is 1.86 bits per heavy atom. The SMILES string of the molecule is O=C1C(=Cc2ccccc2Br)Oc2cc(OCc3ccc(Cl)cc3Cl)ccc21. The summed E-state index contributed by atoms with van der Waals surface area (Å²) in [5.74, 6) is 1.18. The van der Waals surface area contributed by atoms with E-state index < -0.39 is 0 Å². The molecule has 140 valence electrons. The Kier molecular flexibility index (Phi) is 5.44. The average Bonchev–Trinajstić information content (AvgIpc) is 2.98. The van der Waals surface area contributed by atoms with Gasteiger partial charge in [-0.2, -0.15) is 0 Å². The normalized spacial score (nSPS) is 14.1.